The molecule has 0 saturated carbocycles. The maximum atomic E-state index is 13.2. The summed E-state index contributed by atoms with van der Waals surface area (Å²) in [6.45, 7) is 0.352. The highest BCUT2D eigenvalue weighted by Gasteiger charge is 2.33. The number of fused-ring (bicyclic) bond motifs is 1. The molecule has 2 heterocycles. The molecule has 30 heavy (non-hydrogen) atoms. The summed E-state index contributed by atoms with van der Waals surface area (Å²) in [5, 5.41) is 0. The van der Waals surface area contributed by atoms with E-state index in [1.807, 2.05) is 18.2 Å². The molecule has 8 heteroatoms. The smallest absolute Gasteiger partial charge is 0.416 e. The van der Waals surface area contributed by atoms with E-state index in [0.717, 1.165) is 17.2 Å². The predicted molar refractivity (Wildman–Crippen MR) is 108 cm³/mol. The van der Waals surface area contributed by atoms with Gasteiger partial charge in [-0.15, -0.1) is 0 Å². The highest BCUT2D eigenvalue weighted by Crippen LogP contribution is 2.39. The first-order valence-electron chi connectivity index (χ1n) is 9.40. The summed E-state index contributed by atoms with van der Waals surface area (Å²) >= 11 is 0. The average Bonchev–Trinajstić information content (AvgIpc) is 3.19. The number of halogens is 3. The van der Waals surface area contributed by atoms with E-state index in [9.17, 15) is 13.2 Å². The zero-order valence-electron chi connectivity index (χ0n) is 16.2. The quantitative estimate of drug-likeness (QED) is 0.783. The van der Waals surface area contributed by atoms with Gasteiger partial charge in [-0.3, -0.25) is 4.99 Å². The van der Waals surface area contributed by atoms with Crippen LogP contribution in [-0.2, 0) is 12.8 Å². The van der Waals surface area contributed by atoms with Crippen LogP contribution in [0, 0.1) is 0 Å². The SMILES string of the molecule is COc1cc(C2CC(N)=NC3=NCC=C32)ccc1OCc1ccccc1C(F)(F)F. The van der Waals surface area contributed by atoms with Crippen molar-refractivity contribution in [3.8, 4) is 11.5 Å². The Morgan fingerprint density at radius 1 is 1.13 bits per heavy atom. The van der Waals surface area contributed by atoms with Crippen molar-refractivity contribution in [1.82, 2.24) is 0 Å². The number of aliphatic imine (C=N–C) groups is 2. The van der Waals surface area contributed by atoms with E-state index in [2.05, 4.69) is 9.98 Å². The second-order valence-corrected chi connectivity index (χ2v) is 7.04. The molecule has 0 saturated heterocycles. The number of hydrogen-bond acceptors (Lipinski definition) is 5. The lowest BCUT2D eigenvalue weighted by molar-refractivity contribution is -0.138. The van der Waals surface area contributed by atoms with E-state index in [1.54, 1.807) is 12.1 Å². The normalized spacial score (nSPS) is 18.3. The van der Waals surface area contributed by atoms with Gasteiger partial charge in [0.15, 0.2) is 17.3 Å². The number of hydrogen-bond donors (Lipinski definition) is 1. The zero-order valence-corrected chi connectivity index (χ0v) is 16.2. The summed E-state index contributed by atoms with van der Waals surface area (Å²) in [5.74, 6) is 1.98. The van der Waals surface area contributed by atoms with Gasteiger partial charge in [0.2, 0.25) is 0 Å². The summed E-state index contributed by atoms with van der Waals surface area (Å²) < 4.78 is 50.7. The topological polar surface area (TPSA) is 69.2 Å². The zero-order chi connectivity index (χ0) is 21.3. The van der Waals surface area contributed by atoms with Gasteiger partial charge in [0.05, 0.1) is 19.2 Å². The Morgan fingerprint density at radius 3 is 2.70 bits per heavy atom. The molecule has 156 valence electrons. The predicted octanol–water partition coefficient (Wildman–Crippen LogP) is 4.48. The first-order valence-corrected chi connectivity index (χ1v) is 9.40. The number of nitrogens with two attached hydrogens (primary N) is 1. The largest absolute Gasteiger partial charge is 0.493 e. The number of nitrogens with zero attached hydrogens (tertiary/aromatic N) is 2. The van der Waals surface area contributed by atoms with Crippen molar-refractivity contribution >= 4 is 11.7 Å². The number of methoxy groups -OCH3 is 1. The lowest BCUT2D eigenvalue weighted by Crippen LogP contribution is -2.25. The Hall–Kier alpha value is -3.29. The van der Waals surface area contributed by atoms with E-state index in [0.29, 0.717) is 36.1 Å². The van der Waals surface area contributed by atoms with E-state index >= 15 is 0 Å². The van der Waals surface area contributed by atoms with Gasteiger partial charge in [-0.05, 0) is 23.8 Å². The van der Waals surface area contributed by atoms with Crippen LogP contribution in [0.1, 0.15) is 29.0 Å². The molecular formula is C22H20F3N3O2. The van der Waals surface area contributed by atoms with Crippen LogP contribution in [0.2, 0.25) is 0 Å². The third-order valence-corrected chi connectivity index (χ3v) is 5.14. The summed E-state index contributed by atoms with van der Waals surface area (Å²) in [6, 6.07) is 10.8. The van der Waals surface area contributed by atoms with E-state index in [4.69, 9.17) is 15.2 Å². The minimum absolute atomic E-state index is 0.00217. The van der Waals surface area contributed by atoms with Crippen molar-refractivity contribution in [3.63, 3.8) is 0 Å². The molecule has 0 aliphatic carbocycles. The minimum atomic E-state index is -4.44. The first-order chi connectivity index (χ1) is 14.4. The lowest BCUT2D eigenvalue weighted by Gasteiger charge is -2.24. The number of ether oxygens (including phenoxy) is 2. The first kappa shape index (κ1) is 20.0. The molecule has 2 aromatic carbocycles. The van der Waals surface area contributed by atoms with Gasteiger partial charge in [-0.1, -0.05) is 30.3 Å². The number of benzene rings is 2. The maximum Gasteiger partial charge on any atom is 0.416 e. The summed E-state index contributed by atoms with van der Waals surface area (Å²) in [6.07, 6.45) is -1.85. The van der Waals surface area contributed by atoms with Crippen LogP contribution in [0.4, 0.5) is 13.2 Å². The second kappa shape index (κ2) is 7.85. The van der Waals surface area contributed by atoms with Gasteiger partial charge < -0.3 is 15.2 Å². The molecule has 2 aliphatic heterocycles. The molecule has 2 aliphatic rings. The standard InChI is InChI=1S/C22H20F3N3O2/c1-29-19-10-13(16-11-20(26)28-21-15(16)8-9-27-21)6-7-18(19)30-12-14-4-2-3-5-17(14)22(23,24)25/h2-8,10,16H,9,11-12H2,1H3,(H2,26,27,28). The Kier molecular flexibility index (Phi) is 5.24. The van der Waals surface area contributed by atoms with Crippen LogP contribution < -0.4 is 15.2 Å². The molecule has 0 bridgehead atoms. The van der Waals surface area contributed by atoms with Crippen molar-refractivity contribution in [3.05, 3.63) is 70.8 Å². The third-order valence-electron chi connectivity index (χ3n) is 5.14. The molecule has 0 aromatic heterocycles. The van der Waals surface area contributed by atoms with Crippen molar-refractivity contribution < 1.29 is 22.6 Å². The van der Waals surface area contributed by atoms with Crippen molar-refractivity contribution in [2.24, 2.45) is 15.7 Å². The fourth-order valence-electron chi connectivity index (χ4n) is 3.71. The van der Waals surface area contributed by atoms with Crippen LogP contribution in [0.3, 0.4) is 0 Å². The van der Waals surface area contributed by atoms with E-state index < -0.39 is 11.7 Å². The Morgan fingerprint density at radius 2 is 1.93 bits per heavy atom. The van der Waals surface area contributed by atoms with Gasteiger partial charge >= 0.3 is 6.18 Å². The molecule has 5 nitrogen and oxygen atoms in total. The van der Waals surface area contributed by atoms with E-state index in [-0.39, 0.29) is 18.1 Å². The van der Waals surface area contributed by atoms with Crippen LogP contribution in [0.25, 0.3) is 0 Å². The molecule has 2 aromatic rings. The molecule has 0 radical (unpaired) electrons. The molecule has 1 atom stereocenters. The monoisotopic (exact) mass is 415 g/mol. The van der Waals surface area contributed by atoms with Gasteiger partial charge in [-0.25, -0.2) is 4.99 Å². The van der Waals surface area contributed by atoms with Crippen molar-refractivity contribution in [1.29, 1.82) is 0 Å². The van der Waals surface area contributed by atoms with Gasteiger partial charge in [0, 0.05) is 23.5 Å². The summed E-state index contributed by atoms with van der Waals surface area (Å²) in [5.41, 5.74) is 7.30. The molecule has 0 spiro atoms. The number of rotatable bonds is 5. The molecular weight excluding hydrogens is 395 g/mol. The van der Waals surface area contributed by atoms with Crippen LogP contribution >= 0.6 is 0 Å². The molecule has 0 amide bonds. The van der Waals surface area contributed by atoms with Crippen molar-refractivity contribution in [2.75, 3.05) is 13.7 Å². The summed E-state index contributed by atoms with van der Waals surface area (Å²) in [7, 11) is 1.49. The maximum absolute atomic E-state index is 13.2. The molecule has 2 N–H and O–H groups in total. The molecule has 0 fully saturated rings. The molecule has 1 unspecified atom stereocenters. The van der Waals surface area contributed by atoms with E-state index in [1.165, 1.54) is 19.2 Å². The Labute approximate surface area is 171 Å². The lowest BCUT2D eigenvalue weighted by atomic mass is 9.85. The minimum Gasteiger partial charge on any atom is -0.493 e. The van der Waals surface area contributed by atoms with Crippen LogP contribution in [0.15, 0.2) is 64.1 Å². The highest BCUT2D eigenvalue weighted by atomic mass is 19.4. The Balaban J connectivity index is 1.57. The van der Waals surface area contributed by atoms with Gasteiger partial charge in [-0.2, -0.15) is 13.2 Å². The molecule has 4 rings (SSSR count). The fraction of sp³-hybridized carbons (Fsp3) is 0.273. The van der Waals surface area contributed by atoms with Gasteiger partial charge in [0.25, 0.3) is 0 Å². The van der Waals surface area contributed by atoms with Gasteiger partial charge in [0.1, 0.15) is 12.4 Å². The third kappa shape index (κ3) is 3.90. The van der Waals surface area contributed by atoms with Crippen molar-refractivity contribution in [2.45, 2.75) is 25.1 Å². The fourth-order valence-corrected chi connectivity index (χ4v) is 3.71. The average molecular weight is 415 g/mol. The van der Waals surface area contributed by atoms with Crippen LogP contribution in [0.5, 0.6) is 11.5 Å². The number of amidine groups is 2. The summed E-state index contributed by atoms with van der Waals surface area (Å²) in [4.78, 5) is 8.64. The highest BCUT2D eigenvalue weighted by molar-refractivity contribution is 6.11. The second-order valence-electron chi connectivity index (χ2n) is 7.04. The number of alkyl halides is 3. The Bertz CT molecular complexity index is 1060. The van der Waals surface area contributed by atoms with Crippen LogP contribution in [-0.4, -0.2) is 25.3 Å².